The number of nitrogens with zero attached hydrogens (tertiary/aromatic N) is 3. The maximum absolute atomic E-state index is 12.3. The van der Waals surface area contributed by atoms with Gasteiger partial charge in [-0.05, 0) is 38.5 Å². The molecule has 1 aromatic rings. The molecule has 1 aliphatic heterocycles. The maximum Gasteiger partial charge on any atom is 0.333 e. The number of rotatable bonds is 4. The lowest BCUT2D eigenvalue weighted by Gasteiger charge is -2.34. The molecule has 1 fully saturated rings. The minimum Gasteiger partial charge on any atom is -0.506 e. The van der Waals surface area contributed by atoms with Gasteiger partial charge in [0.25, 0.3) is 0 Å². The first kappa shape index (κ1) is 16.7. The molecule has 7 nitrogen and oxygen atoms in total. The van der Waals surface area contributed by atoms with Crippen molar-refractivity contribution in [3.8, 4) is 5.75 Å². The Morgan fingerprint density at radius 2 is 1.70 bits per heavy atom. The minimum atomic E-state index is -1.16. The molecule has 0 radical (unpaired) electrons. The van der Waals surface area contributed by atoms with Gasteiger partial charge in [0.15, 0.2) is 5.92 Å². The lowest BCUT2D eigenvalue weighted by atomic mass is 10.0. The molecule has 1 aliphatic rings. The molecule has 0 aromatic heterocycles. The average molecular weight is 317 g/mol. The molecule has 122 valence electrons. The molecule has 4 amide bonds. The van der Waals surface area contributed by atoms with E-state index in [0.29, 0.717) is 0 Å². The molecule has 0 aliphatic carbocycles. The number of carbonyl (C=O) groups excluding carboxylic acids is 3. The fourth-order valence-electron chi connectivity index (χ4n) is 2.38. The molecule has 1 N–H and O–H groups in total. The van der Waals surface area contributed by atoms with E-state index >= 15 is 0 Å². The van der Waals surface area contributed by atoms with E-state index in [0.717, 1.165) is 15.4 Å². The normalized spacial score (nSPS) is 16.7. The number of hydrogen-bond acceptors (Lipinski definition) is 5. The third-order valence-corrected chi connectivity index (χ3v) is 3.65. The molecular formula is C16H19N3O4. The van der Waals surface area contributed by atoms with Crippen LogP contribution in [-0.4, -0.2) is 52.1 Å². The van der Waals surface area contributed by atoms with E-state index in [9.17, 15) is 19.5 Å². The predicted octanol–water partition coefficient (Wildman–Crippen LogP) is 1.85. The van der Waals surface area contributed by atoms with Crippen molar-refractivity contribution in [2.75, 3.05) is 13.1 Å². The van der Waals surface area contributed by atoms with Crippen LogP contribution in [0.1, 0.15) is 19.4 Å². The maximum atomic E-state index is 12.3. The summed E-state index contributed by atoms with van der Waals surface area (Å²) in [7, 11) is 0. The van der Waals surface area contributed by atoms with E-state index in [-0.39, 0.29) is 24.5 Å². The van der Waals surface area contributed by atoms with Crippen molar-refractivity contribution in [3.63, 3.8) is 0 Å². The lowest BCUT2D eigenvalue weighted by molar-refractivity contribution is -0.145. The van der Waals surface area contributed by atoms with Gasteiger partial charge in [0.2, 0.25) is 11.8 Å². The monoisotopic (exact) mass is 317 g/mol. The van der Waals surface area contributed by atoms with E-state index in [4.69, 9.17) is 0 Å². The fraction of sp³-hybridized carbons (Fsp3) is 0.375. The first-order valence-corrected chi connectivity index (χ1v) is 7.41. The predicted molar refractivity (Wildman–Crippen MR) is 84.7 cm³/mol. The number of aryl methyl sites for hydroxylation is 1. The second-order valence-electron chi connectivity index (χ2n) is 5.20. The van der Waals surface area contributed by atoms with Crippen molar-refractivity contribution in [2.45, 2.75) is 20.8 Å². The molecule has 1 aromatic carbocycles. The number of aliphatic imine (C=N–C) groups is 1. The number of imide groups is 2. The van der Waals surface area contributed by atoms with Crippen LogP contribution in [0.5, 0.6) is 5.75 Å². The summed E-state index contributed by atoms with van der Waals surface area (Å²) in [4.78, 5) is 42.8. The highest BCUT2D eigenvalue weighted by atomic mass is 16.3. The van der Waals surface area contributed by atoms with Gasteiger partial charge in [-0.3, -0.25) is 24.4 Å². The molecule has 0 saturated carbocycles. The zero-order chi connectivity index (χ0) is 17.1. The topological polar surface area (TPSA) is 90.3 Å². The highest BCUT2D eigenvalue weighted by Gasteiger charge is 2.43. The SMILES string of the molecule is CCN1C(=O)C(C=Nc2ccc(C)cc2O)C(=O)N(CC)C1=O. The van der Waals surface area contributed by atoms with Gasteiger partial charge >= 0.3 is 6.03 Å². The Balaban J connectivity index is 2.32. The zero-order valence-electron chi connectivity index (χ0n) is 13.3. The van der Waals surface area contributed by atoms with E-state index in [2.05, 4.69) is 4.99 Å². The van der Waals surface area contributed by atoms with Crippen LogP contribution < -0.4 is 0 Å². The Hall–Kier alpha value is -2.70. The highest BCUT2D eigenvalue weighted by Crippen LogP contribution is 2.27. The van der Waals surface area contributed by atoms with Crippen LogP contribution in [0, 0.1) is 12.8 Å². The zero-order valence-corrected chi connectivity index (χ0v) is 13.3. The second-order valence-corrected chi connectivity index (χ2v) is 5.20. The van der Waals surface area contributed by atoms with E-state index in [1.165, 1.54) is 12.3 Å². The van der Waals surface area contributed by atoms with Gasteiger partial charge in [0.1, 0.15) is 11.4 Å². The number of phenolic OH excluding ortho intramolecular Hbond substituents is 1. The summed E-state index contributed by atoms with van der Waals surface area (Å²) in [5.74, 6) is -2.38. The van der Waals surface area contributed by atoms with Crippen LogP contribution >= 0.6 is 0 Å². The molecule has 2 rings (SSSR count). The number of benzene rings is 1. The Bertz CT molecular complexity index is 658. The second kappa shape index (κ2) is 6.60. The Morgan fingerprint density at radius 1 is 1.13 bits per heavy atom. The first-order chi connectivity index (χ1) is 10.9. The van der Waals surface area contributed by atoms with Gasteiger partial charge in [0, 0.05) is 19.3 Å². The van der Waals surface area contributed by atoms with Gasteiger partial charge in [0.05, 0.1) is 0 Å². The molecule has 0 bridgehead atoms. The summed E-state index contributed by atoms with van der Waals surface area (Å²) < 4.78 is 0. The molecular weight excluding hydrogens is 298 g/mol. The number of aromatic hydroxyl groups is 1. The van der Waals surface area contributed by atoms with Crippen molar-refractivity contribution in [1.82, 2.24) is 9.80 Å². The van der Waals surface area contributed by atoms with Gasteiger partial charge in [-0.25, -0.2) is 4.79 Å². The number of barbiturate groups is 1. The summed E-state index contributed by atoms with van der Waals surface area (Å²) in [5.41, 5.74) is 1.13. The van der Waals surface area contributed by atoms with Crippen molar-refractivity contribution in [3.05, 3.63) is 23.8 Å². The number of carbonyl (C=O) groups is 3. The fourth-order valence-corrected chi connectivity index (χ4v) is 2.38. The lowest BCUT2D eigenvalue weighted by Crippen LogP contribution is -2.59. The summed E-state index contributed by atoms with van der Waals surface area (Å²) in [5, 5.41) is 9.83. The number of amides is 4. The van der Waals surface area contributed by atoms with Crippen LogP contribution in [0.3, 0.4) is 0 Å². The van der Waals surface area contributed by atoms with Crippen LogP contribution in [-0.2, 0) is 9.59 Å². The summed E-state index contributed by atoms with van der Waals surface area (Å²) in [6, 6.07) is 4.29. The van der Waals surface area contributed by atoms with Crippen molar-refractivity contribution in [2.24, 2.45) is 10.9 Å². The number of hydrogen-bond donors (Lipinski definition) is 1. The molecule has 23 heavy (non-hydrogen) atoms. The standard InChI is InChI=1S/C16H19N3O4/c1-4-18-14(21)11(15(22)19(5-2)16(18)23)9-17-12-7-6-10(3)8-13(12)20/h6-9,11,20H,4-5H2,1-3H3. The summed E-state index contributed by atoms with van der Waals surface area (Å²) in [6.45, 7) is 5.52. The van der Waals surface area contributed by atoms with Gasteiger partial charge < -0.3 is 5.11 Å². The van der Waals surface area contributed by atoms with E-state index in [1.807, 2.05) is 6.92 Å². The third kappa shape index (κ3) is 3.08. The number of urea groups is 1. The highest BCUT2D eigenvalue weighted by molar-refractivity contribution is 6.23. The molecule has 0 atom stereocenters. The molecule has 1 heterocycles. The average Bonchev–Trinajstić information content (AvgIpc) is 2.50. The smallest absolute Gasteiger partial charge is 0.333 e. The molecule has 1 saturated heterocycles. The van der Waals surface area contributed by atoms with Crippen LogP contribution in [0.25, 0.3) is 0 Å². The first-order valence-electron chi connectivity index (χ1n) is 7.41. The van der Waals surface area contributed by atoms with Crippen LogP contribution in [0.2, 0.25) is 0 Å². The molecule has 0 unspecified atom stereocenters. The van der Waals surface area contributed by atoms with Crippen molar-refractivity contribution < 1.29 is 19.5 Å². The van der Waals surface area contributed by atoms with Crippen molar-refractivity contribution >= 4 is 29.7 Å². The third-order valence-electron chi connectivity index (χ3n) is 3.65. The Kier molecular flexibility index (Phi) is 4.78. The quantitative estimate of drug-likeness (QED) is 0.678. The Labute approximate surface area is 134 Å². The van der Waals surface area contributed by atoms with Crippen LogP contribution in [0.4, 0.5) is 10.5 Å². The van der Waals surface area contributed by atoms with Gasteiger partial charge in [-0.1, -0.05) is 6.07 Å². The molecule has 0 spiro atoms. The largest absolute Gasteiger partial charge is 0.506 e. The summed E-state index contributed by atoms with van der Waals surface area (Å²) in [6.07, 6.45) is 1.19. The number of phenols is 1. The van der Waals surface area contributed by atoms with Gasteiger partial charge in [-0.15, -0.1) is 0 Å². The van der Waals surface area contributed by atoms with Crippen molar-refractivity contribution in [1.29, 1.82) is 0 Å². The minimum absolute atomic E-state index is 0.0345. The van der Waals surface area contributed by atoms with Gasteiger partial charge in [-0.2, -0.15) is 0 Å². The van der Waals surface area contributed by atoms with E-state index in [1.54, 1.807) is 26.0 Å². The van der Waals surface area contributed by atoms with E-state index < -0.39 is 23.8 Å². The molecule has 7 heteroatoms. The summed E-state index contributed by atoms with van der Waals surface area (Å²) >= 11 is 0. The van der Waals surface area contributed by atoms with Crippen LogP contribution in [0.15, 0.2) is 23.2 Å². The Morgan fingerprint density at radius 3 is 2.17 bits per heavy atom.